The minimum atomic E-state index is -0.685. The average Bonchev–Trinajstić information content (AvgIpc) is 2.47. The van der Waals surface area contributed by atoms with Gasteiger partial charge in [-0.3, -0.25) is 0 Å². The lowest BCUT2D eigenvalue weighted by atomic mass is 10.2. The van der Waals surface area contributed by atoms with Crippen LogP contribution in [0.4, 0.5) is 0 Å². The van der Waals surface area contributed by atoms with Crippen molar-refractivity contribution in [1.82, 2.24) is 0 Å². The molecule has 1 aliphatic heterocycles. The third-order valence-corrected chi connectivity index (χ3v) is 2.89. The monoisotopic (exact) mass is 292 g/mol. The van der Waals surface area contributed by atoms with Gasteiger partial charge in [0.2, 0.25) is 6.29 Å². The molecule has 1 heterocycles. The molecule has 0 aliphatic carbocycles. The Kier molecular flexibility index (Phi) is 4.94. The maximum Gasteiger partial charge on any atom is 0.340 e. The summed E-state index contributed by atoms with van der Waals surface area (Å²) < 4.78 is 15.4. The SMILES string of the molecule is C=CC(=O)Oc1cc(O)cc(C(=O)OC2CCCCO2)c1. The van der Waals surface area contributed by atoms with E-state index in [4.69, 9.17) is 14.2 Å². The van der Waals surface area contributed by atoms with E-state index in [0.717, 1.165) is 18.9 Å². The van der Waals surface area contributed by atoms with E-state index in [1.165, 1.54) is 18.2 Å². The van der Waals surface area contributed by atoms with E-state index in [1.807, 2.05) is 0 Å². The van der Waals surface area contributed by atoms with Crippen LogP contribution in [-0.4, -0.2) is 29.9 Å². The van der Waals surface area contributed by atoms with Crippen molar-refractivity contribution in [2.45, 2.75) is 25.6 Å². The molecule has 1 unspecified atom stereocenters. The van der Waals surface area contributed by atoms with Crippen LogP contribution in [0.3, 0.4) is 0 Å². The van der Waals surface area contributed by atoms with Gasteiger partial charge in [0, 0.05) is 18.6 Å². The molecule has 2 rings (SSSR count). The van der Waals surface area contributed by atoms with Crippen LogP contribution in [0.15, 0.2) is 30.9 Å². The first-order valence-corrected chi connectivity index (χ1v) is 6.59. The molecular weight excluding hydrogens is 276 g/mol. The minimum Gasteiger partial charge on any atom is -0.508 e. The van der Waals surface area contributed by atoms with Gasteiger partial charge in [0.25, 0.3) is 0 Å². The van der Waals surface area contributed by atoms with Gasteiger partial charge in [0.05, 0.1) is 12.2 Å². The number of rotatable bonds is 4. The minimum absolute atomic E-state index is 0.0383. The zero-order valence-electron chi connectivity index (χ0n) is 11.4. The van der Waals surface area contributed by atoms with E-state index in [9.17, 15) is 14.7 Å². The average molecular weight is 292 g/mol. The normalized spacial score (nSPS) is 17.8. The van der Waals surface area contributed by atoms with Gasteiger partial charge in [-0.05, 0) is 25.0 Å². The Hall–Kier alpha value is -2.34. The van der Waals surface area contributed by atoms with Crippen molar-refractivity contribution in [3.05, 3.63) is 36.4 Å². The summed E-state index contributed by atoms with van der Waals surface area (Å²) in [5.41, 5.74) is 0.0797. The fourth-order valence-corrected chi connectivity index (χ4v) is 1.91. The molecule has 6 heteroatoms. The van der Waals surface area contributed by atoms with Crippen molar-refractivity contribution in [2.75, 3.05) is 6.61 Å². The maximum absolute atomic E-state index is 12.0. The third-order valence-electron chi connectivity index (χ3n) is 2.89. The summed E-state index contributed by atoms with van der Waals surface area (Å²) in [6.45, 7) is 3.82. The van der Waals surface area contributed by atoms with Crippen molar-refractivity contribution in [3.63, 3.8) is 0 Å². The lowest BCUT2D eigenvalue weighted by Crippen LogP contribution is -2.25. The number of phenols is 1. The maximum atomic E-state index is 12.0. The highest BCUT2D eigenvalue weighted by Crippen LogP contribution is 2.24. The smallest absolute Gasteiger partial charge is 0.340 e. The zero-order chi connectivity index (χ0) is 15.2. The molecule has 0 saturated carbocycles. The standard InChI is InChI=1S/C15H16O6/c1-2-13(17)20-12-8-10(7-11(16)9-12)15(18)21-14-5-3-4-6-19-14/h2,7-9,14,16H,1,3-6H2. The number of aromatic hydroxyl groups is 1. The highest BCUT2D eigenvalue weighted by Gasteiger charge is 2.20. The molecule has 0 spiro atoms. The Labute approximate surface area is 121 Å². The zero-order valence-corrected chi connectivity index (χ0v) is 11.4. The molecule has 1 N–H and O–H groups in total. The number of phenolic OH excluding ortho intramolecular Hbond substituents is 1. The molecule has 0 aromatic heterocycles. The Balaban J connectivity index is 2.08. The number of hydrogen-bond acceptors (Lipinski definition) is 6. The Morgan fingerprint density at radius 2 is 2.14 bits per heavy atom. The van der Waals surface area contributed by atoms with Crippen LogP contribution in [0, 0.1) is 0 Å². The van der Waals surface area contributed by atoms with Crippen molar-refractivity contribution >= 4 is 11.9 Å². The molecule has 1 aliphatic rings. The third kappa shape index (κ3) is 4.32. The molecule has 1 fully saturated rings. The number of benzene rings is 1. The van der Waals surface area contributed by atoms with Crippen LogP contribution >= 0.6 is 0 Å². The predicted molar refractivity (Wildman–Crippen MR) is 72.9 cm³/mol. The van der Waals surface area contributed by atoms with E-state index in [2.05, 4.69) is 6.58 Å². The van der Waals surface area contributed by atoms with Crippen LogP contribution < -0.4 is 4.74 Å². The van der Waals surface area contributed by atoms with E-state index in [-0.39, 0.29) is 17.1 Å². The second kappa shape index (κ2) is 6.90. The van der Waals surface area contributed by atoms with E-state index in [0.29, 0.717) is 13.0 Å². The van der Waals surface area contributed by atoms with Gasteiger partial charge in [-0.15, -0.1) is 0 Å². The molecule has 1 saturated heterocycles. The summed E-state index contributed by atoms with van der Waals surface area (Å²) in [4.78, 5) is 23.1. The van der Waals surface area contributed by atoms with E-state index in [1.54, 1.807) is 0 Å². The number of carbonyl (C=O) groups is 2. The summed E-state index contributed by atoms with van der Waals surface area (Å²) in [6.07, 6.45) is 2.93. The summed E-state index contributed by atoms with van der Waals surface area (Å²) in [5.74, 6) is -1.50. The van der Waals surface area contributed by atoms with Crippen molar-refractivity contribution in [3.8, 4) is 11.5 Å². The molecule has 21 heavy (non-hydrogen) atoms. The van der Waals surface area contributed by atoms with E-state index < -0.39 is 18.2 Å². The molecule has 1 atom stereocenters. The first-order chi connectivity index (χ1) is 10.1. The van der Waals surface area contributed by atoms with Gasteiger partial charge in [0.15, 0.2) is 0 Å². The van der Waals surface area contributed by atoms with Crippen LogP contribution in [0.2, 0.25) is 0 Å². The summed E-state index contributed by atoms with van der Waals surface area (Å²) in [6, 6.07) is 3.76. The molecule has 0 radical (unpaired) electrons. The quantitative estimate of drug-likeness (QED) is 0.520. The van der Waals surface area contributed by atoms with Gasteiger partial charge in [-0.1, -0.05) is 6.58 Å². The fourth-order valence-electron chi connectivity index (χ4n) is 1.91. The lowest BCUT2D eigenvalue weighted by Gasteiger charge is -2.22. The van der Waals surface area contributed by atoms with Gasteiger partial charge >= 0.3 is 11.9 Å². The first kappa shape index (κ1) is 15.1. The van der Waals surface area contributed by atoms with Crippen molar-refractivity contribution in [2.24, 2.45) is 0 Å². The molecule has 112 valence electrons. The van der Waals surface area contributed by atoms with Crippen LogP contribution in [-0.2, 0) is 14.3 Å². The van der Waals surface area contributed by atoms with Gasteiger partial charge in [-0.25, -0.2) is 9.59 Å². The highest BCUT2D eigenvalue weighted by molar-refractivity contribution is 5.91. The second-order valence-electron chi connectivity index (χ2n) is 4.54. The lowest BCUT2D eigenvalue weighted by molar-refractivity contribution is -0.131. The summed E-state index contributed by atoms with van der Waals surface area (Å²) >= 11 is 0. The molecule has 0 bridgehead atoms. The topological polar surface area (TPSA) is 82.1 Å². The predicted octanol–water partition coefficient (Wildman–Crippen LogP) is 2.17. The van der Waals surface area contributed by atoms with Crippen LogP contribution in [0.25, 0.3) is 0 Å². The van der Waals surface area contributed by atoms with Gasteiger partial charge in [0.1, 0.15) is 11.5 Å². The molecular formula is C15H16O6. The largest absolute Gasteiger partial charge is 0.508 e. The molecule has 6 nitrogen and oxygen atoms in total. The van der Waals surface area contributed by atoms with E-state index >= 15 is 0 Å². The fraction of sp³-hybridized carbons (Fsp3) is 0.333. The Morgan fingerprint density at radius 1 is 1.33 bits per heavy atom. The summed E-state index contributed by atoms with van der Waals surface area (Å²) in [7, 11) is 0. The molecule has 1 aromatic rings. The highest BCUT2D eigenvalue weighted by atomic mass is 16.7. The van der Waals surface area contributed by atoms with Crippen LogP contribution in [0.1, 0.15) is 29.6 Å². The first-order valence-electron chi connectivity index (χ1n) is 6.59. The Morgan fingerprint density at radius 3 is 2.81 bits per heavy atom. The van der Waals surface area contributed by atoms with Crippen molar-refractivity contribution in [1.29, 1.82) is 0 Å². The summed E-state index contributed by atoms with van der Waals surface area (Å²) in [5, 5.41) is 9.58. The van der Waals surface area contributed by atoms with Crippen LogP contribution in [0.5, 0.6) is 11.5 Å². The molecule has 1 aromatic carbocycles. The molecule has 0 amide bonds. The second-order valence-corrected chi connectivity index (χ2v) is 4.54. The number of esters is 2. The number of hydrogen-bond donors (Lipinski definition) is 1. The van der Waals surface area contributed by atoms with Crippen molar-refractivity contribution < 1.29 is 28.9 Å². The Bertz CT molecular complexity index is 545. The van der Waals surface area contributed by atoms with Gasteiger partial charge in [-0.2, -0.15) is 0 Å². The number of carbonyl (C=O) groups excluding carboxylic acids is 2. The van der Waals surface area contributed by atoms with Gasteiger partial charge < -0.3 is 19.3 Å². The number of ether oxygens (including phenoxy) is 3.